The lowest BCUT2D eigenvalue weighted by Crippen LogP contribution is -2.55. The van der Waals surface area contributed by atoms with Crippen molar-refractivity contribution in [3.63, 3.8) is 0 Å². The molecule has 144 valence electrons. The predicted octanol–water partition coefficient (Wildman–Crippen LogP) is 1.42. The van der Waals surface area contributed by atoms with Crippen LogP contribution in [0.4, 0.5) is 10.1 Å². The van der Waals surface area contributed by atoms with Gasteiger partial charge in [-0.1, -0.05) is 12.1 Å². The molecule has 0 spiro atoms. The largest absolute Gasteiger partial charge is 0.357 e. The van der Waals surface area contributed by atoms with Crippen molar-refractivity contribution in [1.82, 2.24) is 20.0 Å². The molecule has 7 nitrogen and oxygen atoms in total. The first kappa shape index (κ1) is 18.9. The van der Waals surface area contributed by atoms with Crippen LogP contribution in [0.15, 0.2) is 41.7 Å². The lowest BCUT2D eigenvalue weighted by molar-refractivity contribution is -0.120. The number of aliphatic imine (C=N–C) groups is 1. The van der Waals surface area contributed by atoms with Gasteiger partial charge in [-0.2, -0.15) is 5.10 Å². The Hall–Kier alpha value is -2.90. The van der Waals surface area contributed by atoms with Crippen molar-refractivity contribution >= 4 is 17.6 Å². The SMILES string of the molecule is CCNC(=NCCc1ccc(F)cc1)N1CCN(c2cnn(C)c2)C(=O)C1. The van der Waals surface area contributed by atoms with Crippen LogP contribution in [0.1, 0.15) is 12.5 Å². The molecule has 2 heterocycles. The summed E-state index contributed by atoms with van der Waals surface area (Å²) >= 11 is 0. The Bertz CT molecular complexity index is 801. The van der Waals surface area contributed by atoms with Crippen LogP contribution in [-0.2, 0) is 18.3 Å². The van der Waals surface area contributed by atoms with Gasteiger partial charge in [-0.15, -0.1) is 0 Å². The van der Waals surface area contributed by atoms with Crippen molar-refractivity contribution in [3.8, 4) is 0 Å². The molecule has 1 N–H and O–H groups in total. The van der Waals surface area contributed by atoms with E-state index in [0.717, 1.165) is 30.2 Å². The van der Waals surface area contributed by atoms with Crippen LogP contribution in [0, 0.1) is 5.82 Å². The highest BCUT2D eigenvalue weighted by Gasteiger charge is 2.27. The number of hydrogen-bond donors (Lipinski definition) is 1. The highest BCUT2D eigenvalue weighted by molar-refractivity contribution is 5.98. The first-order chi connectivity index (χ1) is 13.1. The Morgan fingerprint density at radius 1 is 1.30 bits per heavy atom. The number of aromatic nitrogens is 2. The van der Waals surface area contributed by atoms with Gasteiger partial charge in [0.25, 0.3) is 0 Å². The molecule has 0 atom stereocenters. The van der Waals surface area contributed by atoms with E-state index in [0.29, 0.717) is 19.6 Å². The van der Waals surface area contributed by atoms with Gasteiger partial charge in [0.05, 0.1) is 11.9 Å². The van der Waals surface area contributed by atoms with Crippen LogP contribution in [0.5, 0.6) is 0 Å². The van der Waals surface area contributed by atoms with E-state index < -0.39 is 0 Å². The number of guanidine groups is 1. The maximum absolute atomic E-state index is 13.0. The first-order valence-corrected chi connectivity index (χ1v) is 9.13. The summed E-state index contributed by atoms with van der Waals surface area (Å²) in [6.45, 7) is 4.87. The number of nitrogens with zero attached hydrogens (tertiary/aromatic N) is 5. The Labute approximate surface area is 158 Å². The molecular formula is C19H25FN6O. The van der Waals surface area contributed by atoms with E-state index in [1.165, 1.54) is 12.1 Å². The zero-order valence-electron chi connectivity index (χ0n) is 15.7. The summed E-state index contributed by atoms with van der Waals surface area (Å²) < 4.78 is 14.7. The molecule has 3 rings (SSSR count). The fraction of sp³-hybridized carbons (Fsp3) is 0.421. The van der Waals surface area contributed by atoms with Crippen molar-refractivity contribution in [2.75, 3.05) is 37.6 Å². The maximum Gasteiger partial charge on any atom is 0.246 e. The number of hydrogen-bond acceptors (Lipinski definition) is 3. The average Bonchev–Trinajstić information content (AvgIpc) is 3.08. The molecule has 27 heavy (non-hydrogen) atoms. The quantitative estimate of drug-likeness (QED) is 0.637. The standard InChI is InChI=1S/C19H25FN6O/c1-3-21-19(22-9-8-15-4-6-16(20)7-5-15)25-10-11-26(18(27)14-25)17-12-23-24(2)13-17/h4-7,12-13H,3,8-11,14H2,1-2H3,(H,21,22). The highest BCUT2D eigenvalue weighted by Crippen LogP contribution is 2.16. The maximum atomic E-state index is 13.0. The summed E-state index contributed by atoms with van der Waals surface area (Å²) in [5, 5.41) is 7.39. The van der Waals surface area contributed by atoms with E-state index in [1.807, 2.05) is 25.1 Å². The second-order valence-corrected chi connectivity index (χ2v) is 6.45. The fourth-order valence-corrected chi connectivity index (χ4v) is 3.04. The number of benzene rings is 1. The second-order valence-electron chi connectivity index (χ2n) is 6.45. The lowest BCUT2D eigenvalue weighted by atomic mass is 10.1. The molecule has 1 aliphatic rings. The molecule has 1 aromatic carbocycles. The van der Waals surface area contributed by atoms with Gasteiger partial charge in [-0.25, -0.2) is 4.39 Å². The van der Waals surface area contributed by atoms with E-state index >= 15 is 0 Å². The van der Waals surface area contributed by atoms with Crippen molar-refractivity contribution in [3.05, 3.63) is 48.0 Å². The number of halogens is 1. The number of carbonyl (C=O) groups is 1. The molecule has 2 aromatic rings. The molecule has 8 heteroatoms. The molecule has 0 unspecified atom stereocenters. The van der Waals surface area contributed by atoms with Gasteiger partial charge >= 0.3 is 0 Å². The molecule has 1 fully saturated rings. The minimum absolute atomic E-state index is 0.0263. The van der Waals surface area contributed by atoms with Crippen molar-refractivity contribution in [1.29, 1.82) is 0 Å². The molecule has 0 saturated carbocycles. The summed E-state index contributed by atoms with van der Waals surface area (Å²) in [5.41, 5.74) is 1.86. The molecule has 0 aliphatic carbocycles. The Balaban J connectivity index is 1.61. The number of carbonyl (C=O) groups excluding carboxylic acids is 1. The van der Waals surface area contributed by atoms with E-state index in [1.54, 1.807) is 27.9 Å². The second kappa shape index (κ2) is 8.66. The molecule has 1 amide bonds. The minimum Gasteiger partial charge on any atom is -0.357 e. The van der Waals surface area contributed by atoms with Gasteiger partial charge in [0, 0.05) is 39.4 Å². The van der Waals surface area contributed by atoms with E-state index in [2.05, 4.69) is 15.4 Å². The Morgan fingerprint density at radius 2 is 2.07 bits per heavy atom. The number of amides is 1. The summed E-state index contributed by atoms with van der Waals surface area (Å²) in [4.78, 5) is 21.0. The normalized spacial score (nSPS) is 15.4. The van der Waals surface area contributed by atoms with E-state index in [-0.39, 0.29) is 18.3 Å². The zero-order valence-corrected chi connectivity index (χ0v) is 15.7. The summed E-state index contributed by atoms with van der Waals surface area (Å²) in [7, 11) is 1.83. The number of nitrogens with one attached hydrogen (secondary N) is 1. The van der Waals surface area contributed by atoms with Crippen LogP contribution < -0.4 is 10.2 Å². The monoisotopic (exact) mass is 372 g/mol. The van der Waals surface area contributed by atoms with Crippen molar-refractivity contribution in [2.24, 2.45) is 12.0 Å². The lowest BCUT2D eigenvalue weighted by Gasteiger charge is -2.35. The fourth-order valence-electron chi connectivity index (χ4n) is 3.04. The zero-order chi connectivity index (χ0) is 19.2. The minimum atomic E-state index is -0.236. The average molecular weight is 372 g/mol. The van der Waals surface area contributed by atoms with Crippen LogP contribution >= 0.6 is 0 Å². The molecule has 1 aliphatic heterocycles. The van der Waals surface area contributed by atoms with Crippen molar-refractivity contribution < 1.29 is 9.18 Å². The van der Waals surface area contributed by atoms with Crippen molar-refractivity contribution in [2.45, 2.75) is 13.3 Å². The Kier molecular flexibility index (Phi) is 6.05. The third-order valence-corrected chi connectivity index (χ3v) is 4.43. The van der Waals surface area contributed by atoms with Gasteiger partial charge in [0.2, 0.25) is 5.91 Å². The van der Waals surface area contributed by atoms with Gasteiger partial charge in [-0.05, 0) is 31.0 Å². The van der Waals surface area contributed by atoms with Crippen LogP contribution in [0.3, 0.4) is 0 Å². The van der Waals surface area contributed by atoms with Gasteiger partial charge < -0.3 is 15.1 Å². The molecular weight excluding hydrogens is 347 g/mol. The third kappa shape index (κ3) is 4.84. The molecule has 0 bridgehead atoms. The predicted molar refractivity (Wildman–Crippen MR) is 103 cm³/mol. The van der Waals surface area contributed by atoms with Crippen LogP contribution in [0.25, 0.3) is 0 Å². The van der Waals surface area contributed by atoms with Gasteiger partial charge in [0.15, 0.2) is 5.96 Å². The summed E-state index contributed by atoms with van der Waals surface area (Å²) in [5.74, 6) is 0.526. The third-order valence-electron chi connectivity index (χ3n) is 4.43. The van der Waals surface area contributed by atoms with Gasteiger partial charge in [0.1, 0.15) is 12.4 Å². The van der Waals surface area contributed by atoms with Crippen LogP contribution in [0.2, 0.25) is 0 Å². The molecule has 1 saturated heterocycles. The summed E-state index contributed by atoms with van der Waals surface area (Å²) in [6.07, 6.45) is 4.27. The van der Waals surface area contributed by atoms with E-state index in [4.69, 9.17) is 0 Å². The Morgan fingerprint density at radius 3 is 2.70 bits per heavy atom. The van der Waals surface area contributed by atoms with Gasteiger partial charge in [-0.3, -0.25) is 14.5 Å². The topological polar surface area (TPSA) is 65.8 Å². The number of aryl methyl sites for hydroxylation is 1. The molecule has 1 aromatic heterocycles. The summed E-state index contributed by atoms with van der Waals surface area (Å²) in [6, 6.07) is 6.46. The first-order valence-electron chi connectivity index (χ1n) is 9.13. The number of anilines is 1. The smallest absolute Gasteiger partial charge is 0.246 e. The highest BCUT2D eigenvalue weighted by atomic mass is 19.1. The van der Waals surface area contributed by atoms with E-state index in [9.17, 15) is 9.18 Å². The van der Waals surface area contributed by atoms with Crippen LogP contribution in [-0.4, -0.2) is 59.3 Å². The number of rotatable bonds is 5. The number of piperazine rings is 1. The molecule has 0 radical (unpaired) electrons.